The van der Waals surface area contributed by atoms with Gasteiger partial charge in [0.1, 0.15) is 0 Å². The van der Waals surface area contributed by atoms with E-state index in [1.165, 1.54) is 60.9 Å². The summed E-state index contributed by atoms with van der Waals surface area (Å²) in [4.78, 5) is 20.3. The zero-order valence-electron chi connectivity index (χ0n) is 19.8. The van der Waals surface area contributed by atoms with Crippen molar-refractivity contribution < 1.29 is 21.6 Å². The molecule has 1 heterocycles. The van der Waals surface area contributed by atoms with Crippen LogP contribution in [-0.4, -0.2) is 32.7 Å². The van der Waals surface area contributed by atoms with Crippen molar-refractivity contribution in [2.75, 3.05) is 14.8 Å². The van der Waals surface area contributed by atoms with Crippen molar-refractivity contribution in [1.29, 1.82) is 0 Å². The van der Waals surface area contributed by atoms with E-state index >= 15 is 0 Å². The average Bonchev–Trinajstić information content (AvgIpc) is 2.86. The van der Waals surface area contributed by atoms with Gasteiger partial charge in [0.05, 0.1) is 15.5 Å². The average molecular weight is 538 g/mol. The summed E-state index contributed by atoms with van der Waals surface area (Å²) < 4.78 is 55.7. The molecule has 1 aromatic heterocycles. The smallest absolute Gasteiger partial charge is 0.264 e. The van der Waals surface area contributed by atoms with E-state index in [1.54, 1.807) is 25.1 Å². The van der Waals surface area contributed by atoms with Crippen molar-refractivity contribution in [3.8, 4) is 0 Å². The van der Waals surface area contributed by atoms with Crippen LogP contribution in [-0.2, 0) is 20.0 Å². The van der Waals surface area contributed by atoms with Crippen LogP contribution in [0.2, 0.25) is 0 Å². The molecular weight excluding hydrogens is 514 g/mol. The third-order valence-corrected chi connectivity index (χ3v) is 7.95. The molecule has 4 aromatic rings. The number of anilines is 3. The molecule has 0 aliphatic rings. The minimum atomic E-state index is -3.94. The Hall–Kier alpha value is -4.29. The number of benzene rings is 3. The van der Waals surface area contributed by atoms with E-state index in [4.69, 9.17) is 0 Å². The summed E-state index contributed by atoms with van der Waals surface area (Å²) in [5, 5.41) is 2.64. The van der Waals surface area contributed by atoms with Gasteiger partial charge in [-0.2, -0.15) is 0 Å². The summed E-state index contributed by atoms with van der Waals surface area (Å²) in [6.45, 7) is 3.72. The van der Waals surface area contributed by atoms with Gasteiger partial charge in [0.25, 0.3) is 26.0 Å². The molecule has 37 heavy (non-hydrogen) atoms. The molecule has 0 saturated heterocycles. The summed E-state index contributed by atoms with van der Waals surface area (Å²) >= 11 is 0. The molecule has 3 aromatic carbocycles. The Morgan fingerprint density at radius 2 is 1.41 bits per heavy atom. The lowest BCUT2D eigenvalue weighted by atomic mass is 10.1. The minimum Gasteiger partial charge on any atom is -0.322 e. The molecule has 0 aliphatic carbocycles. The molecule has 1 amide bonds. The summed E-state index contributed by atoms with van der Waals surface area (Å²) in [6.07, 6.45) is 2.81. The van der Waals surface area contributed by atoms with Gasteiger partial charge in [-0.1, -0.05) is 23.8 Å². The van der Waals surface area contributed by atoms with E-state index in [-0.39, 0.29) is 21.3 Å². The monoisotopic (exact) mass is 537 g/mol. The van der Waals surface area contributed by atoms with Gasteiger partial charge >= 0.3 is 0 Å². The highest BCUT2D eigenvalue weighted by Crippen LogP contribution is 2.22. The van der Waals surface area contributed by atoms with Gasteiger partial charge in [-0.25, -0.2) is 31.5 Å². The third kappa shape index (κ3) is 6.29. The first-order chi connectivity index (χ1) is 17.5. The second kappa shape index (κ2) is 10.4. The highest BCUT2D eigenvalue weighted by Gasteiger charge is 2.19. The molecule has 0 unspecified atom stereocenters. The Morgan fingerprint density at radius 1 is 0.730 bits per heavy atom. The fourth-order valence-corrected chi connectivity index (χ4v) is 5.52. The number of amides is 1. The molecular formula is C25H23N5O5S2. The second-order valence-electron chi connectivity index (χ2n) is 8.11. The quantitative estimate of drug-likeness (QED) is 0.308. The van der Waals surface area contributed by atoms with Crippen molar-refractivity contribution >= 4 is 43.3 Å². The Morgan fingerprint density at radius 3 is 2.08 bits per heavy atom. The molecule has 0 bridgehead atoms. The van der Waals surface area contributed by atoms with Crippen LogP contribution in [0.15, 0.2) is 95.0 Å². The summed E-state index contributed by atoms with van der Waals surface area (Å²) in [6, 6.07) is 18.0. The normalized spacial score (nSPS) is 11.5. The molecule has 10 nitrogen and oxygen atoms in total. The number of nitrogens with zero attached hydrogens (tertiary/aromatic N) is 2. The van der Waals surface area contributed by atoms with Gasteiger partial charge in [0, 0.05) is 23.6 Å². The molecule has 0 saturated carbocycles. The third-order valence-electron chi connectivity index (χ3n) is 5.25. The highest BCUT2D eigenvalue weighted by molar-refractivity contribution is 7.93. The fraction of sp³-hybridized carbons (Fsp3) is 0.0800. The van der Waals surface area contributed by atoms with Crippen molar-refractivity contribution in [2.24, 2.45) is 0 Å². The van der Waals surface area contributed by atoms with Crippen molar-refractivity contribution in [3.63, 3.8) is 0 Å². The maximum Gasteiger partial charge on any atom is 0.264 e. The molecule has 4 rings (SSSR count). The number of sulfonamides is 2. The van der Waals surface area contributed by atoms with E-state index in [2.05, 4.69) is 24.7 Å². The first-order valence-electron chi connectivity index (χ1n) is 10.9. The Balaban J connectivity index is 1.47. The largest absolute Gasteiger partial charge is 0.322 e. The van der Waals surface area contributed by atoms with Gasteiger partial charge in [-0.05, 0) is 74.0 Å². The van der Waals surface area contributed by atoms with Crippen LogP contribution >= 0.6 is 0 Å². The Labute approximate surface area is 214 Å². The van der Waals surface area contributed by atoms with Crippen LogP contribution < -0.4 is 14.8 Å². The van der Waals surface area contributed by atoms with Crippen LogP contribution in [0.3, 0.4) is 0 Å². The first kappa shape index (κ1) is 25.8. The predicted molar refractivity (Wildman–Crippen MR) is 140 cm³/mol. The molecule has 0 radical (unpaired) electrons. The van der Waals surface area contributed by atoms with Crippen LogP contribution in [0.4, 0.5) is 17.3 Å². The van der Waals surface area contributed by atoms with Crippen LogP contribution in [0.5, 0.6) is 0 Å². The summed E-state index contributed by atoms with van der Waals surface area (Å²) in [5.41, 5.74) is 2.66. The lowest BCUT2D eigenvalue weighted by Crippen LogP contribution is -2.17. The number of hydrogen-bond donors (Lipinski definition) is 3. The number of aryl methyl sites for hydroxylation is 2. The van der Waals surface area contributed by atoms with Crippen molar-refractivity contribution in [2.45, 2.75) is 23.6 Å². The number of nitrogens with one attached hydrogen (secondary N) is 3. The van der Waals surface area contributed by atoms with Gasteiger partial charge in [-0.15, -0.1) is 0 Å². The number of aromatic nitrogens is 2. The highest BCUT2D eigenvalue weighted by atomic mass is 32.2. The standard InChI is InChI=1S/C25H23N5O5S2/c1-17-7-12-23(18(2)15-17)29-37(34,35)22-6-3-5-19(16-22)24(31)28-20-8-10-21(11-9-20)36(32,33)30-25-26-13-4-14-27-25/h3-16,29H,1-2H3,(H,28,31)(H,26,27,30). The zero-order chi connectivity index (χ0) is 26.6. The lowest BCUT2D eigenvalue weighted by molar-refractivity contribution is 0.102. The topological polar surface area (TPSA) is 147 Å². The van der Waals surface area contributed by atoms with Crippen LogP contribution in [0.1, 0.15) is 21.5 Å². The van der Waals surface area contributed by atoms with E-state index in [0.29, 0.717) is 11.4 Å². The molecule has 0 atom stereocenters. The number of carbonyl (C=O) groups is 1. The molecule has 3 N–H and O–H groups in total. The SMILES string of the molecule is Cc1ccc(NS(=O)(=O)c2cccc(C(=O)Nc3ccc(S(=O)(=O)Nc4ncccn4)cc3)c2)c(C)c1. The Bertz CT molecular complexity index is 1660. The van der Waals surface area contributed by atoms with Crippen LogP contribution in [0.25, 0.3) is 0 Å². The molecule has 0 fully saturated rings. The fourth-order valence-electron chi connectivity index (χ4n) is 3.39. The van der Waals surface area contributed by atoms with E-state index in [9.17, 15) is 21.6 Å². The van der Waals surface area contributed by atoms with Crippen molar-refractivity contribution in [1.82, 2.24) is 9.97 Å². The summed E-state index contributed by atoms with van der Waals surface area (Å²) in [7, 11) is -7.86. The van der Waals surface area contributed by atoms with E-state index in [1.807, 2.05) is 13.0 Å². The lowest BCUT2D eigenvalue weighted by Gasteiger charge is -2.12. The maximum absolute atomic E-state index is 12.9. The zero-order valence-corrected chi connectivity index (χ0v) is 21.5. The Kier molecular flexibility index (Phi) is 7.23. The number of hydrogen-bond acceptors (Lipinski definition) is 7. The maximum atomic E-state index is 12.9. The molecule has 12 heteroatoms. The second-order valence-corrected chi connectivity index (χ2v) is 11.5. The predicted octanol–water partition coefficient (Wildman–Crippen LogP) is 3.95. The molecule has 190 valence electrons. The van der Waals surface area contributed by atoms with E-state index < -0.39 is 26.0 Å². The minimum absolute atomic E-state index is 0.0523. The van der Waals surface area contributed by atoms with Crippen LogP contribution in [0, 0.1) is 13.8 Å². The van der Waals surface area contributed by atoms with Crippen molar-refractivity contribution in [3.05, 3.63) is 102 Å². The first-order valence-corrected chi connectivity index (χ1v) is 13.9. The van der Waals surface area contributed by atoms with Gasteiger partial charge in [0.15, 0.2) is 0 Å². The number of rotatable bonds is 8. The van der Waals surface area contributed by atoms with E-state index in [0.717, 1.165) is 11.1 Å². The van der Waals surface area contributed by atoms with Gasteiger partial charge in [-0.3, -0.25) is 9.52 Å². The number of carbonyl (C=O) groups excluding carboxylic acids is 1. The molecule has 0 aliphatic heterocycles. The molecule has 0 spiro atoms. The van der Waals surface area contributed by atoms with Gasteiger partial charge in [0.2, 0.25) is 5.95 Å². The summed E-state index contributed by atoms with van der Waals surface area (Å²) in [5.74, 6) is -0.628. The van der Waals surface area contributed by atoms with Gasteiger partial charge < -0.3 is 5.32 Å².